The number of aliphatic carboxylic acids is 1. The molecule has 2 saturated heterocycles. The van der Waals surface area contributed by atoms with Crippen molar-refractivity contribution in [2.75, 3.05) is 11.4 Å². The van der Waals surface area contributed by atoms with Gasteiger partial charge in [-0.3, -0.25) is 4.90 Å². The molecule has 3 atom stereocenters. The number of benzene rings is 2. The van der Waals surface area contributed by atoms with E-state index in [1.807, 2.05) is 70.9 Å². The van der Waals surface area contributed by atoms with Gasteiger partial charge in [0, 0.05) is 18.0 Å². The van der Waals surface area contributed by atoms with Crippen molar-refractivity contribution in [3.8, 4) is 0 Å². The van der Waals surface area contributed by atoms with E-state index in [1.54, 1.807) is 15.3 Å². The number of rotatable bonds is 6. The van der Waals surface area contributed by atoms with Crippen molar-refractivity contribution < 1.29 is 19.5 Å². The highest BCUT2D eigenvalue weighted by molar-refractivity contribution is 7.07. The Labute approximate surface area is 224 Å². The summed E-state index contributed by atoms with van der Waals surface area (Å²) in [6.45, 7) is 0.586. The normalized spacial score (nSPS) is 22.3. The van der Waals surface area contributed by atoms with Gasteiger partial charge in [0.05, 0.1) is 41.2 Å². The first-order chi connectivity index (χ1) is 18.5. The number of fused-ring (bicyclic) bond motifs is 2. The maximum Gasteiger partial charge on any atom is 0.329 e. The van der Waals surface area contributed by atoms with E-state index in [4.69, 9.17) is 0 Å². The highest BCUT2D eigenvalue weighted by Crippen LogP contribution is 2.39. The van der Waals surface area contributed by atoms with E-state index in [0.29, 0.717) is 30.8 Å². The van der Waals surface area contributed by atoms with Gasteiger partial charge < -0.3 is 19.8 Å². The smallest absolute Gasteiger partial charge is 0.329 e. The molecule has 1 saturated carbocycles. The van der Waals surface area contributed by atoms with Crippen molar-refractivity contribution in [1.82, 2.24) is 19.7 Å². The number of carbonyl (C=O) groups excluding carboxylic acids is 2. The Bertz CT molecular complexity index is 1260. The molecule has 0 spiro atoms. The topological polar surface area (TPSA) is 97.3 Å². The molecule has 0 radical (unpaired) electrons. The minimum absolute atomic E-state index is 0.144. The summed E-state index contributed by atoms with van der Waals surface area (Å²) in [5.74, 6) is -1.10. The molecule has 2 bridgehead atoms. The minimum atomic E-state index is -1.14. The van der Waals surface area contributed by atoms with Crippen LogP contribution in [0.25, 0.3) is 0 Å². The van der Waals surface area contributed by atoms with Gasteiger partial charge in [-0.1, -0.05) is 36.4 Å². The predicted molar refractivity (Wildman–Crippen MR) is 143 cm³/mol. The van der Waals surface area contributed by atoms with E-state index in [-0.39, 0.29) is 24.7 Å². The van der Waals surface area contributed by atoms with Crippen molar-refractivity contribution in [3.63, 3.8) is 0 Å². The Morgan fingerprint density at radius 3 is 2.13 bits per heavy atom. The van der Waals surface area contributed by atoms with Gasteiger partial charge in [-0.25, -0.2) is 19.4 Å². The third kappa shape index (κ3) is 4.49. The molecule has 2 aliphatic heterocycles. The second-order valence-electron chi connectivity index (χ2n) is 10.1. The molecule has 9 nitrogen and oxygen atoms in total. The summed E-state index contributed by atoms with van der Waals surface area (Å²) in [6, 6.07) is 16.1. The first-order valence-electron chi connectivity index (χ1n) is 12.9. The second-order valence-corrected chi connectivity index (χ2v) is 10.8. The van der Waals surface area contributed by atoms with Gasteiger partial charge in [-0.05, 0) is 49.9 Å². The number of para-hydroxylation sites is 2. The highest BCUT2D eigenvalue weighted by Gasteiger charge is 2.55. The SMILES string of the molecule is O=C(O)[C@@H]1[C@H]2CC[C@@H](CN1C(=O)N(c1ccccc1)c1ccccc1)N2C(=O)N(Cc1cscn1)C1CC1. The average Bonchev–Trinajstić information content (AvgIpc) is 3.56. The Balaban J connectivity index is 1.31. The summed E-state index contributed by atoms with van der Waals surface area (Å²) in [7, 11) is 0. The van der Waals surface area contributed by atoms with Gasteiger partial charge >= 0.3 is 18.0 Å². The largest absolute Gasteiger partial charge is 0.480 e. The van der Waals surface area contributed by atoms with Gasteiger partial charge in [-0.15, -0.1) is 11.3 Å². The summed E-state index contributed by atoms with van der Waals surface area (Å²) in [5.41, 5.74) is 3.90. The summed E-state index contributed by atoms with van der Waals surface area (Å²) in [4.78, 5) is 51.7. The van der Waals surface area contributed by atoms with E-state index < -0.39 is 24.1 Å². The van der Waals surface area contributed by atoms with Crippen LogP contribution in [0.15, 0.2) is 71.6 Å². The molecule has 3 aliphatic rings. The lowest BCUT2D eigenvalue weighted by Crippen LogP contribution is -2.67. The number of urea groups is 2. The third-order valence-electron chi connectivity index (χ3n) is 7.64. The lowest BCUT2D eigenvalue weighted by molar-refractivity contribution is -0.145. The molecule has 3 fully saturated rings. The molecule has 10 heteroatoms. The van der Waals surface area contributed by atoms with Gasteiger partial charge in [0.2, 0.25) is 0 Å². The van der Waals surface area contributed by atoms with Crippen LogP contribution in [-0.4, -0.2) is 73.5 Å². The monoisotopic (exact) mass is 531 g/mol. The number of carboxylic acid groups (broad SMARTS) is 1. The fourth-order valence-electron chi connectivity index (χ4n) is 5.77. The van der Waals surface area contributed by atoms with E-state index in [1.165, 1.54) is 16.2 Å². The number of hydrogen-bond donors (Lipinski definition) is 1. The number of carboxylic acids is 1. The zero-order valence-electron chi connectivity index (χ0n) is 20.8. The standard InChI is InChI=1S/C28H29N5O4S/c34-26(35)25-24-14-13-23(33(24)27(36)30(20-11-12-20)15-19-17-38-18-29-19)16-31(25)28(37)32(21-7-3-1-4-8-21)22-9-5-2-6-10-22/h1-10,17-18,20,23-25H,11-16H2,(H,34,35)/t23-,24+,25-/m0/s1. The number of nitrogens with zero attached hydrogens (tertiary/aromatic N) is 5. The Morgan fingerprint density at radius 1 is 0.921 bits per heavy atom. The van der Waals surface area contributed by atoms with E-state index in [9.17, 15) is 19.5 Å². The maximum absolute atomic E-state index is 14.1. The molecule has 3 aromatic rings. The highest BCUT2D eigenvalue weighted by atomic mass is 32.1. The molecule has 3 heterocycles. The quantitative estimate of drug-likeness (QED) is 0.493. The van der Waals surface area contributed by atoms with Crippen LogP contribution < -0.4 is 4.90 Å². The second kappa shape index (κ2) is 10.1. The van der Waals surface area contributed by atoms with Crippen molar-refractivity contribution in [1.29, 1.82) is 0 Å². The van der Waals surface area contributed by atoms with E-state index in [0.717, 1.165) is 18.5 Å². The number of aromatic nitrogens is 1. The van der Waals surface area contributed by atoms with Crippen molar-refractivity contribution in [3.05, 3.63) is 77.2 Å². The first kappa shape index (κ1) is 24.4. The molecule has 1 aromatic heterocycles. The van der Waals surface area contributed by atoms with E-state index in [2.05, 4.69) is 4.98 Å². The summed E-state index contributed by atoms with van der Waals surface area (Å²) in [6.07, 6.45) is 3.09. The van der Waals surface area contributed by atoms with Crippen LogP contribution in [-0.2, 0) is 11.3 Å². The van der Waals surface area contributed by atoms with Crippen molar-refractivity contribution in [2.45, 2.75) is 56.4 Å². The molecule has 38 heavy (non-hydrogen) atoms. The van der Waals surface area contributed by atoms with Gasteiger partial charge in [0.15, 0.2) is 6.04 Å². The molecule has 1 N–H and O–H groups in total. The lowest BCUT2D eigenvalue weighted by atomic mass is 10.0. The molecule has 0 unspecified atom stereocenters. The van der Waals surface area contributed by atoms with Crippen LogP contribution in [0.5, 0.6) is 0 Å². The van der Waals surface area contributed by atoms with Crippen LogP contribution >= 0.6 is 11.3 Å². The fourth-order valence-corrected chi connectivity index (χ4v) is 6.32. The number of anilines is 2. The Hall–Kier alpha value is -3.92. The number of amides is 4. The number of piperazine rings is 1. The van der Waals surface area contributed by atoms with Crippen LogP contribution in [0.3, 0.4) is 0 Å². The van der Waals surface area contributed by atoms with Gasteiger partial charge in [0.1, 0.15) is 0 Å². The molecule has 4 amide bonds. The minimum Gasteiger partial charge on any atom is -0.480 e. The number of likely N-dealkylation sites (tertiary alicyclic amines) is 1. The Kier molecular flexibility index (Phi) is 6.49. The fraction of sp³-hybridized carbons (Fsp3) is 0.357. The van der Waals surface area contributed by atoms with Crippen LogP contribution in [0.1, 0.15) is 31.4 Å². The van der Waals surface area contributed by atoms with Crippen LogP contribution in [0.2, 0.25) is 0 Å². The van der Waals surface area contributed by atoms with Crippen molar-refractivity contribution in [2.24, 2.45) is 0 Å². The van der Waals surface area contributed by atoms with Gasteiger partial charge in [-0.2, -0.15) is 0 Å². The molecular formula is C28H29N5O4S. The Morgan fingerprint density at radius 2 is 1.58 bits per heavy atom. The van der Waals surface area contributed by atoms with Crippen LogP contribution in [0.4, 0.5) is 21.0 Å². The first-order valence-corrected chi connectivity index (χ1v) is 13.9. The molecule has 1 aliphatic carbocycles. The zero-order chi connectivity index (χ0) is 26.2. The van der Waals surface area contributed by atoms with Gasteiger partial charge in [0.25, 0.3) is 0 Å². The summed E-state index contributed by atoms with van der Waals surface area (Å²) in [5, 5.41) is 12.3. The number of carbonyl (C=O) groups is 3. The van der Waals surface area contributed by atoms with E-state index >= 15 is 0 Å². The zero-order valence-corrected chi connectivity index (χ0v) is 21.6. The predicted octanol–water partition coefficient (Wildman–Crippen LogP) is 4.79. The lowest BCUT2D eigenvalue weighted by Gasteiger charge is -2.47. The molecule has 2 aromatic carbocycles. The van der Waals surface area contributed by atoms with Crippen LogP contribution in [0, 0.1) is 0 Å². The molecule has 196 valence electrons. The third-order valence-corrected chi connectivity index (χ3v) is 8.28. The maximum atomic E-state index is 14.1. The summed E-state index contributed by atoms with van der Waals surface area (Å²) < 4.78 is 0. The molecule has 6 rings (SSSR count). The summed E-state index contributed by atoms with van der Waals surface area (Å²) >= 11 is 1.49. The molecular weight excluding hydrogens is 502 g/mol. The van der Waals surface area contributed by atoms with Crippen molar-refractivity contribution >= 4 is 40.7 Å². The number of hydrogen-bond acceptors (Lipinski definition) is 5. The number of thiazole rings is 1. The average molecular weight is 532 g/mol.